The predicted molar refractivity (Wildman–Crippen MR) is 74.9 cm³/mol. The summed E-state index contributed by atoms with van der Waals surface area (Å²) in [4.78, 5) is 1.39. The lowest BCUT2D eigenvalue weighted by Crippen LogP contribution is -2.34. The maximum absolute atomic E-state index is 12.6. The molecule has 0 spiro atoms. The highest BCUT2D eigenvalue weighted by Gasteiger charge is 2.30. The minimum Gasteiger partial charge on any atom is -0.465 e. The fraction of sp³-hybridized carbons (Fsp3) is 0.733. The predicted octanol–water partition coefficient (Wildman–Crippen LogP) is 3.61. The van der Waals surface area contributed by atoms with Crippen LogP contribution in [0.3, 0.4) is 0 Å². The van der Waals surface area contributed by atoms with Crippen molar-refractivity contribution in [2.45, 2.75) is 58.4 Å². The first-order valence-corrected chi connectivity index (χ1v) is 7.48. The second kappa shape index (κ2) is 6.83. The van der Waals surface area contributed by atoms with Crippen LogP contribution in [0.15, 0.2) is 10.5 Å². The Kier molecular flexibility index (Phi) is 5.32. The molecule has 6 heteroatoms. The number of furan rings is 1. The van der Waals surface area contributed by atoms with Crippen LogP contribution in [0.2, 0.25) is 0 Å². The molecule has 1 aliphatic carbocycles. The highest BCUT2D eigenvalue weighted by Crippen LogP contribution is 2.23. The van der Waals surface area contributed by atoms with E-state index in [1.807, 2.05) is 19.9 Å². The van der Waals surface area contributed by atoms with Crippen molar-refractivity contribution in [1.29, 1.82) is 0 Å². The molecule has 0 atom stereocenters. The van der Waals surface area contributed by atoms with Crippen LogP contribution in [0.25, 0.3) is 0 Å². The molecule has 0 aromatic carbocycles. The van der Waals surface area contributed by atoms with Gasteiger partial charge in [0.25, 0.3) is 0 Å². The Morgan fingerprint density at radius 1 is 1.38 bits per heavy atom. The lowest BCUT2D eigenvalue weighted by atomic mass is 10.2. The van der Waals surface area contributed by atoms with E-state index in [1.54, 1.807) is 0 Å². The van der Waals surface area contributed by atoms with Gasteiger partial charge in [-0.25, -0.2) is 0 Å². The molecule has 3 nitrogen and oxygen atoms in total. The smallest absolute Gasteiger partial charge is 0.401 e. The Hall–Kier alpha value is -1.01. The summed E-state index contributed by atoms with van der Waals surface area (Å²) in [5, 5.41) is 3.39. The highest BCUT2D eigenvalue weighted by molar-refractivity contribution is 5.21. The number of alkyl halides is 3. The number of hydrogen-bond donors (Lipinski definition) is 1. The minimum atomic E-state index is -4.17. The van der Waals surface area contributed by atoms with Gasteiger partial charge in [0.15, 0.2) is 0 Å². The zero-order valence-electron chi connectivity index (χ0n) is 12.6. The summed E-state index contributed by atoms with van der Waals surface area (Å²) in [5.74, 6) is 1.40. The van der Waals surface area contributed by atoms with Gasteiger partial charge >= 0.3 is 6.18 Å². The maximum Gasteiger partial charge on any atom is 0.401 e. The fourth-order valence-corrected chi connectivity index (χ4v) is 2.39. The first kappa shape index (κ1) is 16.4. The first-order chi connectivity index (χ1) is 9.87. The van der Waals surface area contributed by atoms with Crippen molar-refractivity contribution < 1.29 is 17.6 Å². The molecule has 0 aliphatic heterocycles. The van der Waals surface area contributed by atoms with Crippen LogP contribution < -0.4 is 5.32 Å². The molecular formula is C15H23F3N2O. The summed E-state index contributed by atoms with van der Waals surface area (Å²) in [5.41, 5.74) is 1.04. The van der Waals surface area contributed by atoms with Gasteiger partial charge in [-0.2, -0.15) is 13.2 Å². The number of nitrogens with one attached hydrogen (secondary N) is 1. The van der Waals surface area contributed by atoms with E-state index in [0.29, 0.717) is 24.8 Å². The molecule has 1 aliphatic rings. The van der Waals surface area contributed by atoms with Gasteiger partial charge in [0.2, 0.25) is 0 Å². The molecule has 2 rings (SSSR count). The van der Waals surface area contributed by atoms with E-state index in [2.05, 4.69) is 5.32 Å². The third kappa shape index (κ3) is 5.71. The van der Waals surface area contributed by atoms with E-state index in [4.69, 9.17) is 4.42 Å². The van der Waals surface area contributed by atoms with Gasteiger partial charge in [-0.3, -0.25) is 4.90 Å². The van der Waals surface area contributed by atoms with Crippen molar-refractivity contribution in [2.24, 2.45) is 0 Å². The van der Waals surface area contributed by atoms with Crippen LogP contribution in [-0.4, -0.2) is 30.2 Å². The topological polar surface area (TPSA) is 28.4 Å². The molecule has 0 amide bonds. The van der Waals surface area contributed by atoms with Gasteiger partial charge in [-0.05, 0) is 38.8 Å². The van der Waals surface area contributed by atoms with Crippen molar-refractivity contribution >= 4 is 0 Å². The molecule has 0 saturated heterocycles. The molecular weight excluding hydrogens is 281 g/mol. The summed E-state index contributed by atoms with van der Waals surface area (Å²) in [6.45, 7) is 4.19. The van der Waals surface area contributed by atoms with Crippen LogP contribution in [0, 0.1) is 6.92 Å². The molecule has 120 valence electrons. The van der Waals surface area contributed by atoms with E-state index in [0.717, 1.165) is 17.9 Å². The number of aryl methyl sites for hydroxylation is 1. The monoisotopic (exact) mass is 304 g/mol. The minimum absolute atomic E-state index is 0.206. The molecule has 1 N–H and O–H groups in total. The number of nitrogens with zero attached hydrogens (tertiary/aromatic N) is 1. The average Bonchev–Trinajstić information content (AvgIpc) is 3.10. The van der Waals surface area contributed by atoms with E-state index < -0.39 is 12.7 Å². The van der Waals surface area contributed by atoms with Crippen molar-refractivity contribution in [3.8, 4) is 0 Å². The van der Waals surface area contributed by atoms with Crippen LogP contribution in [-0.2, 0) is 13.1 Å². The Labute approximate surface area is 123 Å². The Morgan fingerprint density at radius 3 is 2.67 bits per heavy atom. The third-order valence-corrected chi connectivity index (χ3v) is 3.55. The third-order valence-electron chi connectivity index (χ3n) is 3.55. The Balaban J connectivity index is 1.93. The Bertz CT molecular complexity index is 452. The van der Waals surface area contributed by atoms with Crippen molar-refractivity contribution in [2.75, 3.05) is 13.1 Å². The summed E-state index contributed by atoms with van der Waals surface area (Å²) >= 11 is 0. The van der Waals surface area contributed by atoms with Crippen molar-refractivity contribution in [1.82, 2.24) is 10.2 Å². The van der Waals surface area contributed by atoms with Crippen LogP contribution in [0.4, 0.5) is 13.2 Å². The van der Waals surface area contributed by atoms with E-state index >= 15 is 0 Å². The second-order valence-corrected chi connectivity index (χ2v) is 5.78. The zero-order chi connectivity index (χ0) is 15.5. The maximum atomic E-state index is 12.6. The highest BCUT2D eigenvalue weighted by atomic mass is 19.4. The molecule has 0 radical (unpaired) electrons. The van der Waals surface area contributed by atoms with E-state index in [-0.39, 0.29) is 6.54 Å². The zero-order valence-corrected chi connectivity index (χ0v) is 12.6. The van der Waals surface area contributed by atoms with Gasteiger partial charge in [0.1, 0.15) is 11.5 Å². The number of hydrogen-bond acceptors (Lipinski definition) is 3. The lowest BCUT2D eigenvalue weighted by molar-refractivity contribution is -0.147. The van der Waals surface area contributed by atoms with Crippen molar-refractivity contribution in [3.05, 3.63) is 23.2 Å². The molecule has 0 unspecified atom stereocenters. The largest absolute Gasteiger partial charge is 0.465 e. The number of rotatable bonds is 8. The van der Waals surface area contributed by atoms with E-state index in [9.17, 15) is 13.2 Å². The van der Waals surface area contributed by atoms with Crippen LogP contribution >= 0.6 is 0 Å². The molecule has 0 bridgehead atoms. The standard InChI is InChI=1S/C15H23F3N2O/c1-3-6-20(10-15(16,17)18)9-14-7-12(11(2)21-14)8-19-13-4-5-13/h7,13,19H,3-6,8-10H2,1-2H3. The summed E-state index contributed by atoms with van der Waals surface area (Å²) in [6, 6.07) is 2.48. The van der Waals surface area contributed by atoms with Crippen molar-refractivity contribution in [3.63, 3.8) is 0 Å². The summed E-state index contributed by atoms with van der Waals surface area (Å²) < 4.78 is 43.3. The van der Waals surface area contributed by atoms with Gasteiger partial charge in [-0.1, -0.05) is 6.92 Å². The molecule has 1 saturated carbocycles. The van der Waals surface area contributed by atoms with Gasteiger partial charge in [-0.15, -0.1) is 0 Å². The van der Waals surface area contributed by atoms with Crippen LogP contribution in [0.5, 0.6) is 0 Å². The number of halogens is 3. The molecule has 1 fully saturated rings. The molecule has 21 heavy (non-hydrogen) atoms. The quantitative estimate of drug-likeness (QED) is 0.795. The average molecular weight is 304 g/mol. The molecule has 1 aromatic heterocycles. The summed E-state index contributed by atoms with van der Waals surface area (Å²) in [6.07, 6.45) is -1.07. The van der Waals surface area contributed by atoms with E-state index in [1.165, 1.54) is 17.7 Å². The Morgan fingerprint density at radius 2 is 2.10 bits per heavy atom. The fourth-order valence-electron chi connectivity index (χ4n) is 2.39. The van der Waals surface area contributed by atoms with Gasteiger partial charge in [0.05, 0.1) is 13.1 Å². The van der Waals surface area contributed by atoms with Gasteiger partial charge in [0, 0.05) is 18.2 Å². The normalized spacial score (nSPS) is 15.9. The lowest BCUT2D eigenvalue weighted by Gasteiger charge is -2.21. The SMILES string of the molecule is CCCN(Cc1cc(CNC2CC2)c(C)o1)CC(F)(F)F. The van der Waals surface area contributed by atoms with Crippen LogP contribution in [0.1, 0.15) is 43.3 Å². The second-order valence-electron chi connectivity index (χ2n) is 5.78. The van der Waals surface area contributed by atoms with Gasteiger partial charge < -0.3 is 9.73 Å². The summed E-state index contributed by atoms with van der Waals surface area (Å²) in [7, 11) is 0. The molecule has 1 aromatic rings. The first-order valence-electron chi connectivity index (χ1n) is 7.48. The molecule has 1 heterocycles.